The molecule has 0 aromatic carbocycles. The summed E-state index contributed by atoms with van der Waals surface area (Å²) in [5.41, 5.74) is 0.781. The summed E-state index contributed by atoms with van der Waals surface area (Å²) in [5.74, 6) is -0.127. The van der Waals surface area contributed by atoms with Crippen molar-refractivity contribution in [2.24, 2.45) is 0 Å². The van der Waals surface area contributed by atoms with E-state index >= 15 is 0 Å². The summed E-state index contributed by atoms with van der Waals surface area (Å²) < 4.78 is 1.95. The molecule has 1 aliphatic rings. The monoisotopic (exact) mass is 321 g/mol. The molecular weight excluding hydrogens is 290 g/mol. The van der Waals surface area contributed by atoms with Gasteiger partial charge < -0.3 is 10.4 Å². The van der Waals surface area contributed by atoms with Crippen molar-refractivity contribution in [3.63, 3.8) is 0 Å². The van der Waals surface area contributed by atoms with Crippen LogP contribution in [0.2, 0.25) is 0 Å². The molecule has 0 unspecified atom stereocenters. The lowest BCUT2D eigenvalue weighted by Crippen LogP contribution is -2.42. The Morgan fingerprint density at radius 2 is 1.91 bits per heavy atom. The second-order valence-corrected chi connectivity index (χ2v) is 6.88. The van der Waals surface area contributed by atoms with E-state index in [9.17, 15) is 9.90 Å². The fraction of sp³-hybridized carbons (Fsp3) is 0.778. The molecule has 2 N–H and O–H groups in total. The molecule has 0 bridgehead atoms. The second-order valence-electron chi connectivity index (χ2n) is 6.88. The highest BCUT2D eigenvalue weighted by Gasteiger charge is 2.29. The minimum atomic E-state index is -0.745. The summed E-state index contributed by atoms with van der Waals surface area (Å²) in [6, 6.07) is 0.336. The summed E-state index contributed by atoms with van der Waals surface area (Å²) in [4.78, 5) is 12.5. The molecule has 1 heterocycles. The highest BCUT2D eigenvalue weighted by Crippen LogP contribution is 2.26. The van der Waals surface area contributed by atoms with Gasteiger partial charge in [0.2, 0.25) is 0 Å². The summed E-state index contributed by atoms with van der Waals surface area (Å²) in [6.45, 7) is 6.55. The van der Waals surface area contributed by atoms with Crippen LogP contribution in [0, 0.1) is 6.92 Å². The highest BCUT2D eigenvalue weighted by molar-refractivity contribution is 5.95. The van der Waals surface area contributed by atoms with Crippen molar-refractivity contribution in [2.75, 3.05) is 6.54 Å². The number of amides is 1. The zero-order valence-corrected chi connectivity index (χ0v) is 14.8. The van der Waals surface area contributed by atoms with Crippen LogP contribution < -0.4 is 5.32 Å². The molecule has 0 saturated heterocycles. The third-order valence-electron chi connectivity index (χ3n) is 5.19. The average molecular weight is 321 g/mol. The van der Waals surface area contributed by atoms with Gasteiger partial charge in [0.1, 0.15) is 0 Å². The van der Waals surface area contributed by atoms with Gasteiger partial charge in [0, 0.05) is 12.2 Å². The van der Waals surface area contributed by atoms with E-state index in [1.54, 1.807) is 6.20 Å². The van der Waals surface area contributed by atoms with Crippen LogP contribution in [0.3, 0.4) is 0 Å². The molecule has 0 aliphatic heterocycles. The van der Waals surface area contributed by atoms with E-state index in [2.05, 4.69) is 24.3 Å². The van der Waals surface area contributed by atoms with Crippen LogP contribution in [0.4, 0.5) is 0 Å². The number of carbonyl (C=O) groups excluding carboxylic acids is 1. The molecule has 0 spiro atoms. The molecule has 2 rings (SSSR count). The predicted octanol–water partition coefficient (Wildman–Crippen LogP) is 3.37. The zero-order valence-electron chi connectivity index (χ0n) is 14.8. The van der Waals surface area contributed by atoms with E-state index < -0.39 is 5.60 Å². The average Bonchev–Trinajstić information content (AvgIpc) is 2.78. The van der Waals surface area contributed by atoms with Crippen molar-refractivity contribution in [1.82, 2.24) is 15.1 Å². The smallest absolute Gasteiger partial charge is 0.254 e. The SMILES string of the molecule is CCC(CC)n1ncc(C(=O)NCC2(O)CCCCCC2)c1C. The first-order valence-electron chi connectivity index (χ1n) is 9.05. The van der Waals surface area contributed by atoms with E-state index in [0.29, 0.717) is 18.2 Å². The Hall–Kier alpha value is -1.36. The minimum absolute atomic E-state index is 0.127. The maximum absolute atomic E-state index is 12.5. The standard InChI is InChI=1S/C18H31N3O2/c1-4-15(5-2)21-14(3)16(12-20-21)17(22)19-13-18(23)10-8-6-7-9-11-18/h12,15,23H,4-11,13H2,1-3H3,(H,19,22). The fourth-order valence-electron chi connectivity index (χ4n) is 3.55. The zero-order chi connectivity index (χ0) is 16.9. The van der Waals surface area contributed by atoms with Crippen LogP contribution in [-0.4, -0.2) is 32.9 Å². The van der Waals surface area contributed by atoms with E-state index in [1.165, 1.54) is 12.8 Å². The molecule has 23 heavy (non-hydrogen) atoms. The minimum Gasteiger partial charge on any atom is -0.388 e. The van der Waals surface area contributed by atoms with Crippen molar-refractivity contribution >= 4 is 5.91 Å². The maximum Gasteiger partial charge on any atom is 0.254 e. The molecule has 0 radical (unpaired) electrons. The van der Waals surface area contributed by atoms with Gasteiger partial charge in [-0.3, -0.25) is 9.48 Å². The molecule has 130 valence electrons. The van der Waals surface area contributed by atoms with Gasteiger partial charge in [-0.15, -0.1) is 0 Å². The number of rotatable bonds is 6. The Bertz CT molecular complexity index is 512. The molecule has 1 aliphatic carbocycles. The van der Waals surface area contributed by atoms with Gasteiger partial charge in [0.25, 0.3) is 5.91 Å². The molecule has 0 atom stereocenters. The number of nitrogens with zero attached hydrogens (tertiary/aromatic N) is 2. The molecular formula is C18H31N3O2. The molecule has 1 aromatic rings. The lowest BCUT2D eigenvalue weighted by molar-refractivity contribution is 0.0246. The number of hydrogen-bond donors (Lipinski definition) is 2. The number of hydrogen-bond acceptors (Lipinski definition) is 3. The van der Waals surface area contributed by atoms with E-state index in [-0.39, 0.29) is 5.91 Å². The second kappa shape index (κ2) is 7.95. The Balaban J connectivity index is 2.01. The van der Waals surface area contributed by atoms with Crippen molar-refractivity contribution in [3.8, 4) is 0 Å². The van der Waals surface area contributed by atoms with Crippen LogP contribution in [0.15, 0.2) is 6.20 Å². The molecule has 1 saturated carbocycles. The van der Waals surface area contributed by atoms with Gasteiger partial charge in [-0.1, -0.05) is 39.5 Å². The third kappa shape index (κ3) is 4.34. The highest BCUT2D eigenvalue weighted by atomic mass is 16.3. The largest absolute Gasteiger partial charge is 0.388 e. The topological polar surface area (TPSA) is 67.2 Å². The van der Waals surface area contributed by atoms with Crippen molar-refractivity contribution in [2.45, 2.75) is 83.8 Å². The van der Waals surface area contributed by atoms with Gasteiger partial charge in [0.15, 0.2) is 0 Å². The van der Waals surface area contributed by atoms with Gasteiger partial charge in [-0.25, -0.2) is 0 Å². The summed E-state index contributed by atoms with van der Waals surface area (Å²) in [7, 11) is 0. The number of aromatic nitrogens is 2. The lowest BCUT2D eigenvalue weighted by atomic mass is 9.94. The first kappa shape index (κ1) is 18.0. The molecule has 1 aromatic heterocycles. The van der Waals surface area contributed by atoms with Crippen LogP contribution in [0.1, 0.15) is 87.3 Å². The summed E-state index contributed by atoms with van der Waals surface area (Å²) in [5, 5.41) is 18.0. The summed E-state index contributed by atoms with van der Waals surface area (Å²) >= 11 is 0. The molecule has 1 fully saturated rings. The quantitative estimate of drug-likeness (QED) is 0.789. The number of carbonyl (C=O) groups is 1. The van der Waals surface area contributed by atoms with Gasteiger partial charge >= 0.3 is 0 Å². The van der Waals surface area contributed by atoms with Crippen LogP contribution in [0.5, 0.6) is 0 Å². The first-order chi connectivity index (χ1) is 11.0. The van der Waals surface area contributed by atoms with Crippen LogP contribution in [-0.2, 0) is 0 Å². The Morgan fingerprint density at radius 1 is 1.30 bits per heavy atom. The fourth-order valence-corrected chi connectivity index (χ4v) is 3.55. The Morgan fingerprint density at radius 3 is 2.48 bits per heavy atom. The van der Waals surface area contributed by atoms with Crippen molar-refractivity contribution in [1.29, 1.82) is 0 Å². The molecule has 5 heteroatoms. The summed E-state index contributed by atoms with van der Waals surface area (Å²) in [6.07, 6.45) is 9.64. The predicted molar refractivity (Wildman–Crippen MR) is 91.6 cm³/mol. The van der Waals surface area contributed by atoms with E-state index in [0.717, 1.165) is 44.2 Å². The lowest BCUT2D eigenvalue weighted by Gasteiger charge is -2.26. The van der Waals surface area contributed by atoms with Crippen LogP contribution in [0.25, 0.3) is 0 Å². The van der Waals surface area contributed by atoms with Gasteiger partial charge in [0.05, 0.1) is 23.4 Å². The first-order valence-corrected chi connectivity index (χ1v) is 9.05. The van der Waals surface area contributed by atoms with Crippen molar-refractivity contribution < 1.29 is 9.90 Å². The molecule has 1 amide bonds. The Labute approximate surface area is 139 Å². The van der Waals surface area contributed by atoms with E-state index in [1.807, 2.05) is 11.6 Å². The van der Waals surface area contributed by atoms with Gasteiger partial charge in [-0.2, -0.15) is 5.10 Å². The maximum atomic E-state index is 12.5. The third-order valence-corrected chi connectivity index (χ3v) is 5.19. The van der Waals surface area contributed by atoms with Crippen molar-refractivity contribution in [3.05, 3.63) is 17.5 Å². The number of nitrogens with one attached hydrogen (secondary N) is 1. The van der Waals surface area contributed by atoms with Gasteiger partial charge in [-0.05, 0) is 32.6 Å². The number of aliphatic hydroxyl groups is 1. The normalized spacial score (nSPS) is 18.0. The Kier molecular flexibility index (Phi) is 6.22. The van der Waals surface area contributed by atoms with E-state index in [4.69, 9.17) is 0 Å². The van der Waals surface area contributed by atoms with Crippen LogP contribution >= 0.6 is 0 Å². The molecule has 5 nitrogen and oxygen atoms in total.